The van der Waals surface area contributed by atoms with E-state index in [1.165, 1.54) is 40.3 Å². The number of anilines is 1. The summed E-state index contributed by atoms with van der Waals surface area (Å²) in [5.41, 5.74) is 4.38. The zero-order valence-electron chi connectivity index (χ0n) is 17.6. The summed E-state index contributed by atoms with van der Waals surface area (Å²) in [6, 6.07) is 4.38. The van der Waals surface area contributed by atoms with Crippen molar-refractivity contribution in [2.75, 3.05) is 18.1 Å². The number of benzene rings is 1. The summed E-state index contributed by atoms with van der Waals surface area (Å²) in [5, 5.41) is 16.6. The van der Waals surface area contributed by atoms with Gasteiger partial charge in [0.15, 0.2) is 5.82 Å². The fraction of sp³-hybridized carbons (Fsp3) is 0.286. The number of aliphatic hydroxyl groups excluding tert-OH is 1. The molecule has 0 radical (unpaired) electrons. The first kappa shape index (κ1) is 21.9. The number of hydroxylamine groups is 1. The van der Waals surface area contributed by atoms with Gasteiger partial charge in [0.2, 0.25) is 0 Å². The largest absolute Gasteiger partial charge is 0.442 e. The molecule has 0 spiro atoms. The molecular formula is C21H19F2N7O4. The normalized spacial score (nSPS) is 19.8. The molecule has 2 aliphatic heterocycles. The third-order valence-corrected chi connectivity index (χ3v) is 5.31. The van der Waals surface area contributed by atoms with Crippen molar-refractivity contribution in [3.05, 3.63) is 60.2 Å². The van der Waals surface area contributed by atoms with Crippen LogP contribution in [0, 0.1) is 5.82 Å². The number of hydrogen-bond donors (Lipinski definition) is 2. The Balaban J connectivity index is 1.28. The molecule has 13 heteroatoms. The lowest BCUT2D eigenvalue weighted by molar-refractivity contribution is 0.0171. The highest BCUT2D eigenvalue weighted by Gasteiger charge is 2.33. The molecule has 1 aromatic carbocycles. The quantitative estimate of drug-likeness (QED) is 0.528. The molecule has 3 aromatic rings. The fourth-order valence-corrected chi connectivity index (χ4v) is 3.64. The van der Waals surface area contributed by atoms with Crippen molar-refractivity contribution in [2.24, 2.45) is 0 Å². The van der Waals surface area contributed by atoms with Crippen LogP contribution in [-0.4, -0.2) is 61.5 Å². The van der Waals surface area contributed by atoms with Gasteiger partial charge in [0.25, 0.3) is 0 Å². The molecule has 1 fully saturated rings. The van der Waals surface area contributed by atoms with Gasteiger partial charge < -0.3 is 9.84 Å². The number of carbonyl (C=O) groups is 1. The molecule has 0 bridgehead atoms. The minimum atomic E-state index is -0.733. The number of rotatable bonds is 7. The maximum atomic E-state index is 14.9. The van der Waals surface area contributed by atoms with E-state index < -0.39 is 30.8 Å². The van der Waals surface area contributed by atoms with Crippen molar-refractivity contribution in [1.29, 1.82) is 0 Å². The highest BCUT2D eigenvalue weighted by atomic mass is 19.1. The lowest BCUT2D eigenvalue weighted by Gasteiger charge is -2.14. The van der Waals surface area contributed by atoms with Gasteiger partial charge in [-0.25, -0.2) is 28.2 Å². The Kier molecular flexibility index (Phi) is 5.86. The number of hydrogen-bond acceptors (Lipinski definition) is 9. The number of nitrogens with one attached hydrogen (secondary N) is 1. The van der Waals surface area contributed by atoms with Crippen molar-refractivity contribution < 1.29 is 28.3 Å². The number of aromatic nitrogens is 5. The van der Waals surface area contributed by atoms with Crippen LogP contribution >= 0.6 is 0 Å². The zero-order valence-corrected chi connectivity index (χ0v) is 17.6. The summed E-state index contributed by atoms with van der Waals surface area (Å²) < 4.78 is 34.3. The Morgan fingerprint density at radius 3 is 2.76 bits per heavy atom. The van der Waals surface area contributed by atoms with E-state index in [2.05, 4.69) is 25.8 Å². The van der Waals surface area contributed by atoms with E-state index in [0.717, 1.165) is 0 Å². The summed E-state index contributed by atoms with van der Waals surface area (Å²) >= 11 is 0. The van der Waals surface area contributed by atoms with Crippen LogP contribution in [0.4, 0.5) is 19.3 Å². The van der Waals surface area contributed by atoms with Crippen LogP contribution in [0.5, 0.6) is 0 Å². The molecule has 2 aliphatic rings. The second-order valence-corrected chi connectivity index (χ2v) is 7.66. The zero-order chi connectivity index (χ0) is 23.7. The second kappa shape index (κ2) is 9.11. The molecule has 0 aliphatic carbocycles. The van der Waals surface area contributed by atoms with E-state index in [-0.39, 0.29) is 31.0 Å². The maximum Gasteiger partial charge on any atom is 0.414 e. The van der Waals surface area contributed by atoms with Gasteiger partial charge in [-0.3, -0.25) is 15.2 Å². The van der Waals surface area contributed by atoms with E-state index >= 15 is 0 Å². The third-order valence-electron chi connectivity index (χ3n) is 5.31. The van der Waals surface area contributed by atoms with E-state index in [1.54, 1.807) is 12.1 Å². The topological polar surface area (TPSA) is 128 Å². The van der Waals surface area contributed by atoms with Gasteiger partial charge in [-0.2, -0.15) is 0 Å². The van der Waals surface area contributed by atoms with Crippen LogP contribution in [0.25, 0.3) is 16.8 Å². The third kappa shape index (κ3) is 4.30. The van der Waals surface area contributed by atoms with Crippen molar-refractivity contribution in [3.63, 3.8) is 0 Å². The summed E-state index contributed by atoms with van der Waals surface area (Å²) in [4.78, 5) is 27.2. The number of amides is 1. The Labute approximate surface area is 191 Å². The van der Waals surface area contributed by atoms with Crippen LogP contribution in [-0.2, 0) is 22.8 Å². The SMILES string of the molecule is O=C1O[C@@H](Cn2cc(CF)nn2)CN1c1ccc(-c2cnc(C3=CC(CO)ON3)nc2)c(F)c1. The smallest absolute Gasteiger partial charge is 0.414 e. The minimum absolute atomic E-state index is 0.180. The molecule has 2 aromatic heterocycles. The summed E-state index contributed by atoms with van der Waals surface area (Å²) in [7, 11) is 0. The molecule has 2 N–H and O–H groups in total. The monoisotopic (exact) mass is 471 g/mol. The standard InChI is InChI=1S/C21H19F2N7O4/c22-5-13-8-29(28-26-13)9-16-10-30(21(32)33-16)14-1-2-17(18(23)3-14)12-6-24-20(25-7-12)19-4-15(11-31)34-27-19/h1-4,6-8,15-16,27,31H,5,9-11H2/t15?,16-/m0/s1. The molecule has 0 saturated carbocycles. The van der Waals surface area contributed by atoms with Crippen molar-refractivity contribution in [3.8, 4) is 11.1 Å². The second-order valence-electron chi connectivity index (χ2n) is 7.66. The lowest BCUT2D eigenvalue weighted by Crippen LogP contribution is -2.26. The van der Waals surface area contributed by atoms with E-state index in [9.17, 15) is 13.6 Å². The van der Waals surface area contributed by atoms with E-state index in [1.807, 2.05) is 0 Å². The number of nitrogens with zero attached hydrogens (tertiary/aromatic N) is 6. The van der Waals surface area contributed by atoms with Crippen molar-refractivity contribution >= 4 is 17.5 Å². The Morgan fingerprint density at radius 1 is 1.26 bits per heavy atom. The van der Waals surface area contributed by atoms with Gasteiger partial charge in [-0.05, 0) is 24.3 Å². The van der Waals surface area contributed by atoms with E-state index in [0.29, 0.717) is 22.8 Å². The van der Waals surface area contributed by atoms with Gasteiger partial charge in [0.1, 0.15) is 36.1 Å². The molecular weight excluding hydrogens is 452 g/mol. The lowest BCUT2D eigenvalue weighted by atomic mass is 10.1. The predicted molar refractivity (Wildman–Crippen MR) is 113 cm³/mol. The first-order valence-corrected chi connectivity index (χ1v) is 10.3. The predicted octanol–water partition coefficient (Wildman–Crippen LogP) is 1.61. The van der Waals surface area contributed by atoms with Gasteiger partial charge in [0.05, 0.1) is 31.6 Å². The highest BCUT2D eigenvalue weighted by molar-refractivity contribution is 5.90. The molecule has 1 unspecified atom stereocenters. The molecule has 1 amide bonds. The van der Waals surface area contributed by atoms with Crippen LogP contribution in [0.3, 0.4) is 0 Å². The molecule has 2 atom stereocenters. The minimum Gasteiger partial charge on any atom is -0.442 e. The van der Waals surface area contributed by atoms with Crippen LogP contribution < -0.4 is 10.4 Å². The number of cyclic esters (lactones) is 1. The fourth-order valence-electron chi connectivity index (χ4n) is 3.64. The first-order chi connectivity index (χ1) is 16.5. The van der Waals surface area contributed by atoms with Gasteiger partial charge >= 0.3 is 6.09 Å². The Hall–Kier alpha value is -3.97. The number of aliphatic hydroxyl groups is 1. The average Bonchev–Trinajstić information content (AvgIpc) is 3.59. The van der Waals surface area contributed by atoms with Gasteiger partial charge in [-0.15, -0.1) is 5.10 Å². The average molecular weight is 471 g/mol. The van der Waals surface area contributed by atoms with Crippen molar-refractivity contribution in [2.45, 2.75) is 25.4 Å². The Bertz CT molecular complexity index is 1230. The number of alkyl halides is 1. The summed E-state index contributed by atoms with van der Waals surface area (Å²) in [5.74, 6) is -0.218. The highest BCUT2D eigenvalue weighted by Crippen LogP contribution is 2.29. The summed E-state index contributed by atoms with van der Waals surface area (Å²) in [6.07, 6.45) is 4.39. The van der Waals surface area contributed by atoms with Crippen LogP contribution in [0.1, 0.15) is 11.5 Å². The summed E-state index contributed by atoms with van der Waals surface area (Å²) in [6.45, 7) is -0.532. The van der Waals surface area contributed by atoms with Crippen LogP contribution in [0.15, 0.2) is 42.9 Å². The van der Waals surface area contributed by atoms with Crippen molar-refractivity contribution in [1.82, 2.24) is 30.4 Å². The van der Waals surface area contributed by atoms with E-state index in [4.69, 9.17) is 14.7 Å². The first-order valence-electron chi connectivity index (χ1n) is 10.3. The molecule has 11 nitrogen and oxygen atoms in total. The van der Waals surface area contributed by atoms with Gasteiger partial charge in [0, 0.05) is 23.5 Å². The number of carbonyl (C=O) groups excluding carboxylic acids is 1. The molecule has 4 heterocycles. The molecule has 5 rings (SSSR count). The molecule has 34 heavy (non-hydrogen) atoms. The molecule has 1 saturated heterocycles. The Morgan fingerprint density at radius 2 is 2.09 bits per heavy atom. The number of halogens is 2. The van der Waals surface area contributed by atoms with Crippen LogP contribution in [0.2, 0.25) is 0 Å². The van der Waals surface area contributed by atoms with Gasteiger partial charge in [-0.1, -0.05) is 5.21 Å². The number of ether oxygens (including phenoxy) is 1. The molecule has 176 valence electrons. The maximum absolute atomic E-state index is 14.9.